The average Bonchev–Trinajstić information content (AvgIpc) is 2.61. The van der Waals surface area contributed by atoms with Gasteiger partial charge in [0, 0.05) is 11.5 Å². The van der Waals surface area contributed by atoms with E-state index in [9.17, 15) is 24.3 Å². The molecule has 0 aromatic rings. The molecule has 0 fully saturated rings. The van der Waals surface area contributed by atoms with Crippen molar-refractivity contribution in [3.05, 3.63) is 0 Å². The number of rotatable bonds is 12. The molecule has 0 aliphatic rings. The number of hydrogen-bond donors (Lipinski definition) is 8. The predicted octanol–water partition coefficient (Wildman–Crippen LogP) is -1.86. The van der Waals surface area contributed by atoms with Crippen LogP contribution in [0.2, 0.25) is 0 Å². The van der Waals surface area contributed by atoms with E-state index in [2.05, 4.69) is 41.2 Å². The summed E-state index contributed by atoms with van der Waals surface area (Å²) >= 11 is 7.78. The van der Waals surface area contributed by atoms with E-state index in [1.54, 1.807) is 0 Å². The highest BCUT2D eigenvalue weighted by Crippen LogP contribution is 2.07. The Balaban J connectivity index is 5.30. The lowest BCUT2D eigenvalue weighted by molar-refractivity contribution is -0.142. The molecule has 12 heteroatoms. The predicted molar refractivity (Wildman–Crippen MR) is 110 cm³/mol. The van der Waals surface area contributed by atoms with Gasteiger partial charge in [-0.1, -0.05) is 13.8 Å². The first kappa shape index (κ1) is 26.5. The molecule has 28 heavy (non-hydrogen) atoms. The van der Waals surface area contributed by atoms with Crippen LogP contribution < -0.4 is 21.7 Å². The molecule has 0 spiro atoms. The van der Waals surface area contributed by atoms with E-state index in [4.69, 9.17) is 10.8 Å². The molecule has 0 aromatic heterocycles. The molecule has 10 nitrogen and oxygen atoms in total. The van der Waals surface area contributed by atoms with Crippen LogP contribution in [0, 0.1) is 5.92 Å². The first-order chi connectivity index (χ1) is 12.9. The van der Waals surface area contributed by atoms with Gasteiger partial charge in [-0.15, -0.1) is 0 Å². The van der Waals surface area contributed by atoms with Crippen LogP contribution >= 0.6 is 25.3 Å². The van der Waals surface area contributed by atoms with Crippen molar-refractivity contribution in [2.45, 2.75) is 57.5 Å². The molecular weight excluding hydrogens is 408 g/mol. The lowest BCUT2D eigenvalue weighted by atomic mass is 10.0. The molecule has 0 saturated heterocycles. The second-order valence-corrected chi connectivity index (χ2v) is 7.52. The van der Waals surface area contributed by atoms with Gasteiger partial charge in [0.25, 0.3) is 0 Å². The van der Waals surface area contributed by atoms with Crippen molar-refractivity contribution in [2.24, 2.45) is 11.7 Å². The Bertz CT molecular complexity index is 561. The molecule has 5 atom stereocenters. The molecule has 3 amide bonds. The lowest BCUT2D eigenvalue weighted by Crippen LogP contribution is -2.60. The second-order valence-electron chi connectivity index (χ2n) is 6.79. The number of aliphatic hydroxyl groups excluding tert-OH is 1. The van der Waals surface area contributed by atoms with E-state index in [-0.39, 0.29) is 23.8 Å². The standard InChI is InChI=1S/C16H30N4O6S2/c1-7(2)4-10(18-13(22)9(17)5-27)14(23)20-12(8(3)21)15(24)19-11(6-28)16(25)26/h7-12,21,27-28H,4-6,17H2,1-3H3,(H,18,22)(H,19,24)(H,20,23)(H,25,26)/t8-,9-,10+,11+,12+/m1/s1. The summed E-state index contributed by atoms with van der Waals surface area (Å²) in [7, 11) is 0. The summed E-state index contributed by atoms with van der Waals surface area (Å²) in [5.74, 6) is -3.52. The Labute approximate surface area is 175 Å². The molecule has 0 aliphatic heterocycles. The van der Waals surface area contributed by atoms with Gasteiger partial charge in [0.05, 0.1) is 12.1 Å². The van der Waals surface area contributed by atoms with E-state index in [0.29, 0.717) is 0 Å². The third kappa shape index (κ3) is 9.13. The summed E-state index contributed by atoms with van der Waals surface area (Å²) in [4.78, 5) is 48.0. The highest BCUT2D eigenvalue weighted by atomic mass is 32.1. The molecule has 0 saturated carbocycles. The zero-order chi connectivity index (χ0) is 22.0. The van der Waals surface area contributed by atoms with Crippen molar-refractivity contribution < 1.29 is 29.4 Å². The van der Waals surface area contributed by atoms with Gasteiger partial charge >= 0.3 is 5.97 Å². The van der Waals surface area contributed by atoms with E-state index < -0.39 is 54.0 Å². The number of carbonyl (C=O) groups excluding carboxylic acids is 3. The van der Waals surface area contributed by atoms with E-state index in [1.807, 2.05) is 13.8 Å². The normalized spacial score (nSPS) is 16.4. The van der Waals surface area contributed by atoms with Crippen LogP contribution in [0.4, 0.5) is 0 Å². The van der Waals surface area contributed by atoms with Crippen molar-refractivity contribution >= 4 is 48.9 Å². The van der Waals surface area contributed by atoms with Crippen LogP contribution in [0.5, 0.6) is 0 Å². The molecule has 0 radical (unpaired) electrons. The van der Waals surface area contributed by atoms with Gasteiger partial charge in [-0.25, -0.2) is 4.79 Å². The minimum absolute atomic E-state index is 0.0303. The van der Waals surface area contributed by atoms with Gasteiger partial charge in [-0.2, -0.15) is 25.3 Å². The summed E-state index contributed by atoms with van der Waals surface area (Å²) in [6, 6.07) is -4.60. The van der Waals surface area contributed by atoms with Crippen molar-refractivity contribution in [3.8, 4) is 0 Å². The minimum Gasteiger partial charge on any atom is -0.480 e. The number of aliphatic carboxylic acids is 1. The number of nitrogens with two attached hydrogens (primary N) is 1. The number of aliphatic hydroxyl groups is 1. The van der Waals surface area contributed by atoms with Gasteiger partial charge < -0.3 is 31.9 Å². The summed E-state index contributed by atoms with van der Waals surface area (Å²) in [5, 5.41) is 25.9. The van der Waals surface area contributed by atoms with Crippen molar-refractivity contribution in [1.82, 2.24) is 16.0 Å². The molecule has 0 aliphatic carbocycles. The molecule has 0 aromatic carbocycles. The number of carboxylic acid groups (broad SMARTS) is 1. The van der Waals surface area contributed by atoms with E-state index >= 15 is 0 Å². The fourth-order valence-corrected chi connectivity index (χ4v) is 2.58. The fraction of sp³-hybridized carbons (Fsp3) is 0.750. The Kier molecular flexibility index (Phi) is 12.2. The quantitative estimate of drug-likeness (QED) is 0.165. The summed E-state index contributed by atoms with van der Waals surface area (Å²) in [5.41, 5.74) is 5.60. The third-order valence-electron chi connectivity index (χ3n) is 3.73. The number of carboxylic acids is 1. The fourth-order valence-electron chi connectivity index (χ4n) is 2.17. The first-order valence-electron chi connectivity index (χ1n) is 8.73. The van der Waals surface area contributed by atoms with Crippen LogP contribution in [-0.2, 0) is 19.2 Å². The summed E-state index contributed by atoms with van der Waals surface area (Å²) in [6.45, 7) is 4.95. The number of nitrogens with one attached hydrogen (secondary N) is 3. The highest BCUT2D eigenvalue weighted by Gasteiger charge is 2.32. The maximum atomic E-state index is 12.6. The molecule has 162 valence electrons. The first-order valence-corrected chi connectivity index (χ1v) is 10.00. The number of thiol groups is 2. The number of amides is 3. The maximum Gasteiger partial charge on any atom is 0.327 e. The molecule has 7 N–H and O–H groups in total. The van der Waals surface area contributed by atoms with Crippen LogP contribution in [0.3, 0.4) is 0 Å². The van der Waals surface area contributed by atoms with Crippen molar-refractivity contribution in [3.63, 3.8) is 0 Å². The van der Waals surface area contributed by atoms with E-state index in [1.165, 1.54) is 6.92 Å². The average molecular weight is 439 g/mol. The zero-order valence-corrected chi connectivity index (χ0v) is 17.9. The van der Waals surface area contributed by atoms with Gasteiger partial charge in [0.15, 0.2) is 0 Å². The van der Waals surface area contributed by atoms with Crippen LogP contribution in [0.15, 0.2) is 0 Å². The smallest absolute Gasteiger partial charge is 0.327 e. The molecule has 0 heterocycles. The Morgan fingerprint density at radius 3 is 1.82 bits per heavy atom. The van der Waals surface area contributed by atoms with Gasteiger partial charge in [-0.05, 0) is 19.3 Å². The largest absolute Gasteiger partial charge is 0.480 e. The van der Waals surface area contributed by atoms with Gasteiger partial charge in [0.2, 0.25) is 17.7 Å². The van der Waals surface area contributed by atoms with Crippen LogP contribution in [0.1, 0.15) is 27.2 Å². The Morgan fingerprint density at radius 2 is 1.43 bits per heavy atom. The van der Waals surface area contributed by atoms with Crippen molar-refractivity contribution in [2.75, 3.05) is 11.5 Å². The maximum absolute atomic E-state index is 12.6. The van der Waals surface area contributed by atoms with Crippen molar-refractivity contribution in [1.29, 1.82) is 0 Å². The molecule has 0 unspecified atom stereocenters. The van der Waals surface area contributed by atoms with Crippen LogP contribution in [-0.4, -0.2) is 75.7 Å². The third-order valence-corrected chi connectivity index (χ3v) is 4.49. The molecule has 0 rings (SSSR count). The lowest BCUT2D eigenvalue weighted by Gasteiger charge is -2.27. The molecular formula is C16H30N4O6S2. The summed E-state index contributed by atoms with van der Waals surface area (Å²) in [6.07, 6.45) is -1.05. The number of hydrogen-bond acceptors (Lipinski definition) is 8. The van der Waals surface area contributed by atoms with Crippen LogP contribution in [0.25, 0.3) is 0 Å². The van der Waals surface area contributed by atoms with E-state index in [0.717, 1.165) is 0 Å². The minimum atomic E-state index is -1.42. The molecule has 0 bridgehead atoms. The topological polar surface area (TPSA) is 171 Å². The Morgan fingerprint density at radius 1 is 0.893 bits per heavy atom. The summed E-state index contributed by atoms with van der Waals surface area (Å²) < 4.78 is 0. The van der Waals surface area contributed by atoms with Gasteiger partial charge in [0.1, 0.15) is 18.1 Å². The highest BCUT2D eigenvalue weighted by molar-refractivity contribution is 7.80. The van der Waals surface area contributed by atoms with Gasteiger partial charge in [-0.3, -0.25) is 14.4 Å². The monoisotopic (exact) mass is 438 g/mol. The zero-order valence-electron chi connectivity index (χ0n) is 16.1. The number of carbonyl (C=O) groups is 4. The Hall–Kier alpha value is -1.50. The second kappa shape index (κ2) is 12.9. The SMILES string of the molecule is CC(C)C[C@H](NC(=O)[C@H](N)CS)C(=O)N[C@H](C(=O)N[C@@H](CS)C(=O)O)[C@@H](C)O.